The van der Waals surface area contributed by atoms with Gasteiger partial charge in [0.1, 0.15) is 5.82 Å². The molecule has 0 amide bonds. The first-order chi connectivity index (χ1) is 6.90. The molecule has 2 rings (SSSR count). The van der Waals surface area contributed by atoms with E-state index in [0.717, 1.165) is 11.7 Å². The van der Waals surface area contributed by atoms with Crippen LogP contribution in [-0.4, -0.2) is 18.1 Å². The van der Waals surface area contributed by atoms with Gasteiger partial charge in [-0.1, -0.05) is 19.4 Å². The molecule has 1 aliphatic rings. The summed E-state index contributed by atoms with van der Waals surface area (Å²) in [6.45, 7) is 4.64. The van der Waals surface area contributed by atoms with Crippen molar-refractivity contribution < 1.29 is 0 Å². The quantitative estimate of drug-likeness (QED) is 0.811. The van der Waals surface area contributed by atoms with E-state index >= 15 is 0 Å². The average molecular weight is 207 g/mol. The van der Waals surface area contributed by atoms with Crippen molar-refractivity contribution in [3.63, 3.8) is 0 Å². The summed E-state index contributed by atoms with van der Waals surface area (Å²) in [5, 5.41) is 0. The monoisotopic (exact) mass is 207 g/mol. The largest absolute Gasteiger partial charge is 0.357 e. The highest BCUT2D eigenvalue weighted by Crippen LogP contribution is 2.23. The zero-order valence-electron chi connectivity index (χ0n) is 9.52. The molecule has 15 heavy (non-hydrogen) atoms. The summed E-state index contributed by atoms with van der Waals surface area (Å²) in [6.07, 6.45) is 5.86. The standard InChI is InChI=1S/C12H18N2.H3N/c1-2-11-6-9-14(10-7-11)12-5-3-4-8-13-12;/h3-5,8,11H,2,6-7,9-10H2,1H3;1H3. The van der Waals surface area contributed by atoms with E-state index in [4.69, 9.17) is 0 Å². The average Bonchev–Trinajstić information content (AvgIpc) is 2.30. The minimum atomic E-state index is 0. The van der Waals surface area contributed by atoms with E-state index < -0.39 is 0 Å². The number of hydrogen-bond donors (Lipinski definition) is 1. The lowest BCUT2D eigenvalue weighted by atomic mass is 9.94. The molecule has 1 saturated heterocycles. The normalized spacial score (nSPS) is 17.3. The zero-order valence-corrected chi connectivity index (χ0v) is 9.52. The summed E-state index contributed by atoms with van der Waals surface area (Å²) in [6, 6.07) is 6.14. The summed E-state index contributed by atoms with van der Waals surface area (Å²) in [7, 11) is 0. The first-order valence-electron chi connectivity index (χ1n) is 5.56. The summed E-state index contributed by atoms with van der Waals surface area (Å²) in [4.78, 5) is 6.77. The Morgan fingerprint density at radius 3 is 2.60 bits per heavy atom. The third-order valence-corrected chi connectivity index (χ3v) is 3.17. The van der Waals surface area contributed by atoms with E-state index in [1.54, 1.807) is 0 Å². The summed E-state index contributed by atoms with van der Waals surface area (Å²) in [5.41, 5.74) is 0. The number of pyridine rings is 1. The molecule has 0 aliphatic carbocycles. The number of nitrogens with zero attached hydrogens (tertiary/aromatic N) is 2. The van der Waals surface area contributed by atoms with Gasteiger partial charge in [0.25, 0.3) is 0 Å². The van der Waals surface area contributed by atoms with Crippen LogP contribution in [-0.2, 0) is 0 Å². The second-order valence-electron chi connectivity index (χ2n) is 4.03. The van der Waals surface area contributed by atoms with Crippen molar-refractivity contribution in [2.75, 3.05) is 18.0 Å². The fraction of sp³-hybridized carbons (Fsp3) is 0.583. The van der Waals surface area contributed by atoms with Crippen molar-refractivity contribution >= 4 is 5.82 Å². The lowest BCUT2D eigenvalue weighted by Gasteiger charge is -2.32. The van der Waals surface area contributed by atoms with Gasteiger partial charge in [-0.2, -0.15) is 0 Å². The Morgan fingerprint density at radius 2 is 2.07 bits per heavy atom. The van der Waals surface area contributed by atoms with Gasteiger partial charge in [-0.3, -0.25) is 0 Å². The van der Waals surface area contributed by atoms with Crippen LogP contribution < -0.4 is 11.1 Å². The van der Waals surface area contributed by atoms with Crippen molar-refractivity contribution in [1.82, 2.24) is 11.1 Å². The Balaban J connectivity index is 0.00000112. The molecule has 0 radical (unpaired) electrons. The van der Waals surface area contributed by atoms with Crippen LogP contribution in [0.5, 0.6) is 0 Å². The third kappa shape index (κ3) is 2.93. The maximum Gasteiger partial charge on any atom is 0.128 e. The van der Waals surface area contributed by atoms with Gasteiger partial charge in [-0.25, -0.2) is 4.98 Å². The predicted octanol–water partition coefficient (Wildman–Crippen LogP) is 2.87. The molecule has 1 aliphatic heterocycles. The molecule has 0 bridgehead atoms. The maximum atomic E-state index is 4.38. The predicted molar refractivity (Wildman–Crippen MR) is 64.5 cm³/mol. The highest BCUT2D eigenvalue weighted by Gasteiger charge is 2.17. The minimum absolute atomic E-state index is 0. The van der Waals surface area contributed by atoms with Gasteiger partial charge in [0.05, 0.1) is 0 Å². The number of piperidine rings is 1. The molecule has 1 aromatic rings. The molecule has 0 aromatic carbocycles. The van der Waals surface area contributed by atoms with Gasteiger partial charge < -0.3 is 11.1 Å². The van der Waals surface area contributed by atoms with Crippen LogP contribution >= 0.6 is 0 Å². The van der Waals surface area contributed by atoms with Gasteiger partial charge in [-0.05, 0) is 30.9 Å². The fourth-order valence-electron chi connectivity index (χ4n) is 2.11. The Bertz CT molecular complexity index is 265. The van der Waals surface area contributed by atoms with Gasteiger partial charge in [0, 0.05) is 19.3 Å². The molecule has 2 heterocycles. The van der Waals surface area contributed by atoms with Crippen LogP contribution in [0.2, 0.25) is 0 Å². The molecule has 1 aromatic heterocycles. The van der Waals surface area contributed by atoms with E-state index in [2.05, 4.69) is 28.9 Å². The molecule has 1 fully saturated rings. The SMILES string of the molecule is CCC1CCN(c2ccccn2)CC1.N. The molecule has 3 N–H and O–H groups in total. The molecule has 0 spiro atoms. The lowest BCUT2D eigenvalue weighted by Crippen LogP contribution is -2.33. The van der Waals surface area contributed by atoms with E-state index in [0.29, 0.717) is 0 Å². The van der Waals surface area contributed by atoms with Gasteiger partial charge >= 0.3 is 0 Å². The number of aromatic nitrogens is 1. The third-order valence-electron chi connectivity index (χ3n) is 3.17. The fourth-order valence-corrected chi connectivity index (χ4v) is 2.11. The first kappa shape index (κ1) is 12.0. The lowest BCUT2D eigenvalue weighted by molar-refractivity contribution is 0.394. The van der Waals surface area contributed by atoms with E-state index in [-0.39, 0.29) is 6.15 Å². The Kier molecular flexibility index (Phi) is 4.56. The van der Waals surface area contributed by atoms with E-state index in [1.807, 2.05) is 12.3 Å². The number of hydrogen-bond acceptors (Lipinski definition) is 3. The smallest absolute Gasteiger partial charge is 0.128 e. The summed E-state index contributed by atoms with van der Waals surface area (Å²) < 4.78 is 0. The van der Waals surface area contributed by atoms with Crippen LogP contribution in [0, 0.1) is 5.92 Å². The Hall–Kier alpha value is -1.09. The Labute approximate surface area is 92.1 Å². The first-order valence-corrected chi connectivity index (χ1v) is 5.56. The summed E-state index contributed by atoms with van der Waals surface area (Å²) in [5.74, 6) is 2.08. The highest BCUT2D eigenvalue weighted by atomic mass is 15.2. The molecule has 0 atom stereocenters. The van der Waals surface area contributed by atoms with E-state index in [9.17, 15) is 0 Å². The molecule has 3 heteroatoms. The highest BCUT2D eigenvalue weighted by molar-refractivity contribution is 5.37. The second-order valence-corrected chi connectivity index (χ2v) is 4.03. The maximum absolute atomic E-state index is 4.38. The molecule has 0 unspecified atom stereocenters. The molecule has 0 saturated carbocycles. The molecular weight excluding hydrogens is 186 g/mol. The minimum Gasteiger partial charge on any atom is -0.357 e. The number of rotatable bonds is 2. The second kappa shape index (κ2) is 5.71. The van der Waals surface area contributed by atoms with Crippen LogP contribution in [0.3, 0.4) is 0 Å². The zero-order chi connectivity index (χ0) is 9.80. The van der Waals surface area contributed by atoms with Crippen molar-refractivity contribution in [3.8, 4) is 0 Å². The molecular formula is C12H21N3. The molecule has 84 valence electrons. The van der Waals surface area contributed by atoms with E-state index in [1.165, 1.54) is 32.4 Å². The van der Waals surface area contributed by atoms with Crippen LogP contribution in [0.25, 0.3) is 0 Å². The van der Waals surface area contributed by atoms with Crippen molar-refractivity contribution in [3.05, 3.63) is 24.4 Å². The van der Waals surface area contributed by atoms with Gasteiger partial charge in [-0.15, -0.1) is 0 Å². The topological polar surface area (TPSA) is 51.1 Å². The van der Waals surface area contributed by atoms with Crippen LogP contribution in [0.1, 0.15) is 26.2 Å². The Morgan fingerprint density at radius 1 is 1.33 bits per heavy atom. The molecule has 3 nitrogen and oxygen atoms in total. The van der Waals surface area contributed by atoms with Crippen LogP contribution in [0.4, 0.5) is 5.82 Å². The van der Waals surface area contributed by atoms with Crippen molar-refractivity contribution in [2.24, 2.45) is 5.92 Å². The van der Waals surface area contributed by atoms with Crippen LogP contribution in [0.15, 0.2) is 24.4 Å². The van der Waals surface area contributed by atoms with Crippen molar-refractivity contribution in [1.29, 1.82) is 0 Å². The number of anilines is 1. The van der Waals surface area contributed by atoms with Gasteiger partial charge in [0.2, 0.25) is 0 Å². The van der Waals surface area contributed by atoms with Gasteiger partial charge in [0.15, 0.2) is 0 Å². The summed E-state index contributed by atoms with van der Waals surface area (Å²) >= 11 is 0. The van der Waals surface area contributed by atoms with Crippen molar-refractivity contribution in [2.45, 2.75) is 26.2 Å².